The third kappa shape index (κ3) is 7.69. The average Bonchev–Trinajstić information content (AvgIpc) is 2.71. The fourth-order valence-electron chi connectivity index (χ4n) is 2.75. The summed E-state index contributed by atoms with van der Waals surface area (Å²) in [5.41, 5.74) is 0.851. The van der Waals surface area contributed by atoms with E-state index in [1.165, 1.54) is 12.1 Å². The molecule has 7 heteroatoms. The van der Waals surface area contributed by atoms with Crippen LogP contribution in [0.4, 0.5) is 0 Å². The molecule has 2 rings (SSSR count). The minimum atomic E-state index is -3.56. The molecule has 156 valence electrons. The van der Waals surface area contributed by atoms with Crippen LogP contribution in [0.3, 0.4) is 0 Å². The maximum atomic E-state index is 12.5. The van der Waals surface area contributed by atoms with Gasteiger partial charge in [0, 0.05) is 6.42 Å². The number of carbonyl (C=O) groups is 2. The summed E-state index contributed by atoms with van der Waals surface area (Å²) in [7, 11) is -3.56. The van der Waals surface area contributed by atoms with Crippen molar-refractivity contribution in [2.75, 3.05) is 5.75 Å². The second kappa shape index (κ2) is 10.8. The smallest absolute Gasteiger partial charge is 0.328 e. The zero-order chi connectivity index (χ0) is 21.3. The summed E-state index contributed by atoms with van der Waals surface area (Å²) in [6, 6.07) is 16.4. The SMILES string of the molecule is CC(C)C[C@H](NC(=O)CCS(=O)(=O)c1ccccc1)C(=O)OCc1ccccc1. The first-order chi connectivity index (χ1) is 13.8. The van der Waals surface area contributed by atoms with Gasteiger partial charge in [-0.1, -0.05) is 62.4 Å². The molecule has 0 saturated heterocycles. The molecule has 0 aromatic heterocycles. The Labute approximate surface area is 172 Å². The number of sulfone groups is 1. The van der Waals surface area contributed by atoms with E-state index in [4.69, 9.17) is 4.74 Å². The number of hydrogen-bond donors (Lipinski definition) is 1. The molecular weight excluding hydrogens is 390 g/mol. The predicted molar refractivity (Wildman–Crippen MR) is 111 cm³/mol. The van der Waals surface area contributed by atoms with Crippen LogP contribution < -0.4 is 5.32 Å². The molecule has 0 aliphatic rings. The van der Waals surface area contributed by atoms with E-state index >= 15 is 0 Å². The lowest BCUT2D eigenvalue weighted by atomic mass is 10.0. The molecule has 2 aromatic carbocycles. The van der Waals surface area contributed by atoms with Crippen LogP contribution in [0.5, 0.6) is 0 Å². The lowest BCUT2D eigenvalue weighted by Gasteiger charge is -2.19. The molecule has 0 spiro atoms. The highest BCUT2D eigenvalue weighted by atomic mass is 32.2. The highest BCUT2D eigenvalue weighted by Gasteiger charge is 2.24. The van der Waals surface area contributed by atoms with Gasteiger partial charge in [0.1, 0.15) is 12.6 Å². The topological polar surface area (TPSA) is 89.5 Å². The Morgan fingerprint density at radius 1 is 0.966 bits per heavy atom. The predicted octanol–water partition coefficient (Wildman–Crippen LogP) is 3.12. The van der Waals surface area contributed by atoms with E-state index in [1.54, 1.807) is 18.2 Å². The summed E-state index contributed by atoms with van der Waals surface area (Å²) in [6.45, 7) is 3.99. The molecule has 0 fully saturated rings. The van der Waals surface area contributed by atoms with Gasteiger partial charge < -0.3 is 10.1 Å². The maximum Gasteiger partial charge on any atom is 0.328 e. The van der Waals surface area contributed by atoms with Gasteiger partial charge in [-0.2, -0.15) is 0 Å². The molecule has 0 radical (unpaired) electrons. The largest absolute Gasteiger partial charge is 0.459 e. The summed E-state index contributed by atoms with van der Waals surface area (Å²) in [6.07, 6.45) is 0.183. The monoisotopic (exact) mass is 417 g/mol. The first-order valence-corrected chi connectivity index (χ1v) is 11.2. The standard InChI is InChI=1S/C22H27NO5S/c1-17(2)15-20(22(25)28-16-18-9-5-3-6-10-18)23-21(24)13-14-29(26,27)19-11-7-4-8-12-19/h3-12,17,20H,13-16H2,1-2H3,(H,23,24)/t20-/m0/s1. The first-order valence-electron chi connectivity index (χ1n) is 9.55. The van der Waals surface area contributed by atoms with Gasteiger partial charge in [-0.3, -0.25) is 4.79 Å². The number of amides is 1. The Hall–Kier alpha value is -2.67. The van der Waals surface area contributed by atoms with Crippen molar-refractivity contribution in [2.45, 2.75) is 44.2 Å². The van der Waals surface area contributed by atoms with Crippen molar-refractivity contribution < 1.29 is 22.7 Å². The molecule has 0 heterocycles. The van der Waals surface area contributed by atoms with E-state index in [0.29, 0.717) is 6.42 Å². The quantitative estimate of drug-likeness (QED) is 0.600. The van der Waals surface area contributed by atoms with Gasteiger partial charge in [0.25, 0.3) is 0 Å². The fraction of sp³-hybridized carbons (Fsp3) is 0.364. The molecule has 1 amide bonds. The van der Waals surface area contributed by atoms with E-state index in [9.17, 15) is 18.0 Å². The number of carbonyl (C=O) groups excluding carboxylic acids is 2. The van der Waals surface area contributed by atoms with Gasteiger partial charge >= 0.3 is 5.97 Å². The molecular formula is C22H27NO5S. The second-order valence-corrected chi connectivity index (χ2v) is 9.33. The van der Waals surface area contributed by atoms with E-state index in [1.807, 2.05) is 44.2 Å². The van der Waals surface area contributed by atoms with Crippen molar-refractivity contribution in [1.82, 2.24) is 5.32 Å². The molecule has 0 saturated carbocycles. The highest BCUT2D eigenvalue weighted by molar-refractivity contribution is 7.91. The Kier molecular flexibility index (Phi) is 8.39. The maximum absolute atomic E-state index is 12.5. The van der Waals surface area contributed by atoms with Crippen LogP contribution >= 0.6 is 0 Å². The summed E-state index contributed by atoms with van der Waals surface area (Å²) < 4.78 is 30.0. The molecule has 1 atom stereocenters. The van der Waals surface area contributed by atoms with Crippen molar-refractivity contribution in [3.8, 4) is 0 Å². The number of nitrogens with one attached hydrogen (secondary N) is 1. The number of hydrogen-bond acceptors (Lipinski definition) is 5. The third-order valence-electron chi connectivity index (χ3n) is 4.25. The lowest BCUT2D eigenvalue weighted by molar-refractivity contribution is -0.149. The molecule has 1 N–H and O–H groups in total. The van der Waals surface area contributed by atoms with Crippen LogP contribution in [-0.4, -0.2) is 32.1 Å². The summed E-state index contributed by atoms with van der Waals surface area (Å²) in [5, 5.41) is 2.63. The first kappa shape index (κ1) is 22.6. The molecule has 0 unspecified atom stereocenters. The van der Waals surface area contributed by atoms with E-state index < -0.39 is 27.8 Å². The van der Waals surface area contributed by atoms with Crippen LogP contribution in [0.2, 0.25) is 0 Å². The molecule has 0 bridgehead atoms. The number of benzene rings is 2. The highest BCUT2D eigenvalue weighted by Crippen LogP contribution is 2.12. The van der Waals surface area contributed by atoms with Crippen LogP contribution in [0.15, 0.2) is 65.6 Å². The average molecular weight is 418 g/mol. The number of rotatable bonds is 10. The minimum Gasteiger partial charge on any atom is -0.459 e. The van der Waals surface area contributed by atoms with Crippen LogP contribution in [0.1, 0.15) is 32.3 Å². The van der Waals surface area contributed by atoms with E-state index in [-0.39, 0.29) is 29.6 Å². The third-order valence-corrected chi connectivity index (χ3v) is 5.98. The van der Waals surface area contributed by atoms with Crippen LogP contribution in [0, 0.1) is 5.92 Å². The Balaban J connectivity index is 1.92. The van der Waals surface area contributed by atoms with Crippen molar-refractivity contribution in [2.24, 2.45) is 5.92 Å². The fourth-order valence-corrected chi connectivity index (χ4v) is 4.02. The van der Waals surface area contributed by atoms with Gasteiger partial charge in [-0.15, -0.1) is 0 Å². The van der Waals surface area contributed by atoms with Gasteiger partial charge in [0.15, 0.2) is 9.84 Å². The Morgan fingerprint density at radius 3 is 2.14 bits per heavy atom. The zero-order valence-corrected chi connectivity index (χ0v) is 17.5. The van der Waals surface area contributed by atoms with Gasteiger partial charge in [-0.05, 0) is 30.0 Å². The van der Waals surface area contributed by atoms with Crippen molar-refractivity contribution in [3.05, 3.63) is 66.2 Å². The second-order valence-electron chi connectivity index (χ2n) is 7.22. The van der Waals surface area contributed by atoms with Gasteiger partial charge in [0.2, 0.25) is 5.91 Å². The summed E-state index contributed by atoms with van der Waals surface area (Å²) in [5.74, 6) is -1.19. The zero-order valence-electron chi connectivity index (χ0n) is 16.7. The molecule has 6 nitrogen and oxygen atoms in total. The molecule has 0 aliphatic heterocycles. The van der Waals surface area contributed by atoms with Crippen LogP contribution in [0.25, 0.3) is 0 Å². The van der Waals surface area contributed by atoms with Crippen LogP contribution in [-0.2, 0) is 30.8 Å². The number of esters is 1. The Morgan fingerprint density at radius 2 is 1.55 bits per heavy atom. The van der Waals surface area contributed by atoms with E-state index in [0.717, 1.165) is 5.56 Å². The lowest BCUT2D eigenvalue weighted by Crippen LogP contribution is -2.43. The Bertz CT molecular complexity index is 895. The number of ether oxygens (including phenoxy) is 1. The van der Waals surface area contributed by atoms with E-state index in [2.05, 4.69) is 5.32 Å². The van der Waals surface area contributed by atoms with Gasteiger partial charge in [0.05, 0.1) is 10.6 Å². The summed E-state index contributed by atoms with van der Waals surface area (Å²) >= 11 is 0. The molecule has 29 heavy (non-hydrogen) atoms. The molecule has 0 aliphatic carbocycles. The minimum absolute atomic E-state index is 0.118. The molecule has 2 aromatic rings. The summed E-state index contributed by atoms with van der Waals surface area (Å²) in [4.78, 5) is 24.9. The van der Waals surface area contributed by atoms with Crippen molar-refractivity contribution in [3.63, 3.8) is 0 Å². The normalized spacial score (nSPS) is 12.4. The van der Waals surface area contributed by atoms with Gasteiger partial charge in [-0.25, -0.2) is 13.2 Å². The van der Waals surface area contributed by atoms with Crippen molar-refractivity contribution in [1.29, 1.82) is 0 Å². The van der Waals surface area contributed by atoms with Crippen molar-refractivity contribution >= 4 is 21.7 Å².